The molecule has 4 N–H and O–H groups in total. The summed E-state index contributed by atoms with van der Waals surface area (Å²) in [5.74, 6) is -0.0377. The van der Waals surface area contributed by atoms with Crippen LogP contribution in [0.2, 0.25) is 5.02 Å². The molecule has 0 saturated heterocycles. The third-order valence-corrected chi connectivity index (χ3v) is 4.05. The first kappa shape index (κ1) is 13.5. The van der Waals surface area contributed by atoms with Crippen LogP contribution in [0.15, 0.2) is 47.4 Å². The Morgan fingerprint density at radius 3 is 2.53 bits per heavy atom. The number of nitrogen functional groups attached to an aromatic ring is 1. The second-order valence-corrected chi connectivity index (χ2v) is 5.93. The van der Waals surface area contributed by atoms with Crippen molar-refractivity contribution in [3.63, 3.8) is 0 Å². The first-order valence-corrected chi connectivity index (χ1v) is 7.11. The second kappa shape index (κ2) is 4.99. The Morgan fingerprint density at radius 1 is 1.16 bits per heavy atom. The summed E-state index contributed by atoms with van der Waals surface area (Å²) in [5, 5.41) is 9.65. The van der Waals surface area contributed by atoms with Crippen LogP contribution in [-0.4, -0.2) is 13.5 Å². The van der Waals surface area contributed by atoms with E-state index >= 15 is 0 Å². The summed E-state index contributed by atoms with van der Waals surface area (Å²) >= 11 is 5.72. The van der Waals surface area contributed by atoms with E-state index in [1.165, 1.54) is 42.5 Å². The van der Waals surface area contributed by atoms with E-state index in [0.29, 0.717) is 5.02 Å². The van der Waals surface area contributed by atoms with Crippen molar-refractivity contribution in [2.45, 2.75) is 4.90 Å². The molecule has 0 spiro atoms. The van der Waals surface area contributed by atoms with Crippen molar-refractivity contribution in [3.8, 4) is 5.75 Å². The zero-order chi connectivity index (χ0) is 14.0. The van der Waals surface area contributed by atoms with Gasteiger partial charge >= 0.3 is 0 Å². The topological polar surface area (TPSA) is 92.4 Å². The highest BCUT2D eigenvalue weighted by molar-refractivity contribution is 7.92. The van der Waals surface area contributed by atoms with Gasteiger partial charge in [0.15, 0.2) is 0 Å². The van der Waals surface area contributed by atoms with Gasteiger partial charge in [0.05, 0.1) is 11.4 Å². The number of phenolic OH excluding ortho intramolecular Hbond substituents is 1. The van der Waals surface area contributed by atoms with Gasteiger partial charge in [0.2, 0.25) is 0 Å². The minimum atomic E-state index is -3.82. The highest BCUT2D eigenvalue weighted by Crippen LogP contribution is 2.25. The fourth-order valence-electron chi connectivity index (χ4n) is 1.54. The number of phenols is 1. The van der Waals surface area contributed by atoms with E-state index in [-0.39, 0.29) is 22.0 Å². The largest absolute Gasteiger partial charge is 0.508 e. The summed E-state index contributed by atoms with van der Waals surface area (Å²) in [6.45, 7) is 0. The van der Waals surface area contributed by atoms with Crippen LogP contribution in [0.1, 0.15) is 0 Å². The number of halogens is 1. The van der Waals surface area contributed by atoms with E-state index in [2.05, 4.69) is 4.72 Å². The predicted octanol–water partition coefficient (Wildman–Crippen LogP) is 2.43. The van der Waals surface area contributed by atoms with E-state index in [1.807, 2.05) is 0 Å². The lowest BCUT2D eigenvalue weighted by Crippen LogP contribution is -2.14. The minimum absolute atomic E-state index is 0.0377. The molecule has 0 bridgehead atoms. The van der Waals surface area contributed by atoms with Crippen molar-refractivity contribution in [1.82, 2.24) is 0 Å². The Balaban J connectivity index is 2.38. The summed E-state index contributed by atoms with van der Waals surface area (Å²) in [6, 6.07) is 9.90. The van der Waals surface area contributed by atoms with E-state index in [1.54, 1.807) is 0 Å². The fourth-order valence-corrected chi connectivity index (χ4v) is 2.89. The maximum atomic E-state index is 12.1. The van der Waals surface area contributed by atoms with E-state index in [9.17, 15) is 13.5 Å². The number of hydrogen-bond acceptors (Lipinski definition) is 4. The van der Waals surface area contributed by atoms with Crippen molar-refractivity contribution >= 4 is 33.0 Å². The molecule has 2 aromatic rings. The van der Waals surface area contributed by atoms with Crippen LogP contribution < -0.4 is 10.5 Å². The van der Waals surface area contributed by atoms with Crippen molar-refractivity contribution in [3.05, 3.63) is 47.5 Å². The average Bonchev–Trinajstić information content (AvgIpc) is 2.27. The Morgan fingerprint density at radius 2 is 1.89 bits per heavy atom. The number of aromatic hydroxyl groups is 1. The minimum Gasteiger partial charge on any atom is -0.508 e. The van der Waals surface area contributed by atoms with Gasteiger partial charge < -0.3 is 10.8 Å². The van der Waals surface area contributed by atoms with Crippen LogP contribution in [0.5, 0.6) is 5.75 Å². The zero-order valence-electron chi connectivity index (χ0n) is 9.67. The van der Waals surface area contributed by atoms with Gasteiger partial charge in [-0.25, -0.2) is 8.42 Å². The number of sulfonamides is 1. The summed E-state index contributed by atoms with van der Waals surface area (Å²) in [5.41, 5.74) is 5.94. The quantitative estimate of drug-likeness (QED) is 0.759. The first-order chi connectivity index (χ1) is 8.88. The molecule has 0 aliphatic carbocycles. The molecule has 0 saturated carbocycles. The normalized spacial score (nSPS) is 11.2. The molecule has 0 aliphatic rings. The highest BCUT2D eigenvalue weighted by Gasteiger charge is 2.17. The number of anilines is 2. The second-order valence-electron chi connectivity index (χ2n) is 3.84. The van der Waals surface area contributed by atoms with Gasteiger partial charge in [0, 0.05) is 11.1 Å². The predicted molar refractivity (Wildman–Crippen MR) is 74.8 cm³/mol. The average molecular weight is 299 g/mol. The van der Waals surface area contributed by atoms with Gasteiger partial charge in [-0.1, -0.05) is 17.7 Å². The van der Waals surface area contributed by atoms with Crippen LogP contribution >= 0.6 is 11.6 Å². The number of nitrogens with two attached hydrogens (primary N) is 1. The van der Waals surface area contributed by atoms with E-state index < -0.39 is 10.0 Å². The van der Waals surface area contributed by atoms with Crippen LogP contribution in [0, 0.1) is 0 Å². The molecule has 100 valence electrons. The molecule has 0 atom stereocenters. The SMILES string of the molecule is Nc1cc(Cl)ccc1S(=O)(=O)Nc1cccc(O)c1. The monoisotopic (exact) mass is 298 g/mol. The smallest absolute Gasteiger partial charge is 0.263 e. The number of nitrogens with one attached hydrogen (secondary N) is 1. The number of benzene rings is 2. The lowest BCUT2D eigenvalue weighted by Gasteiger charge is -2.10. The fraction of sp³-hybridized carbons (Fsp3) is 0. The van der Waals surface area contributed by atoms with Crippen molar-refractivity contribution < 1.29 is 13.5 Å². The molecule has 0 heterocycles. The molecule has 0 unspecified atom stereocenters. The maximum absolute atomic E-state index is 12.1. The summed E-state index contributed by atoms with van der Waals surface area (Å²) in [6.07, 6.45) is 0. The maximum Gasteiger partial charge on any atom is 0.263 e. The lowest BCUT2D eigenvalue weighted by molar-refractivity contribution is 0.475. The van der Waals surface area contributed by atoms with E-state index in [0.717, 1.165) is 0 Å². The molecule has 0 amide bonds. The molecule has 2 rings (SSSR count). The van der Waals surface area contributed by atoms with Gasteiger partial charge in [-0.05, 0) is 30.3 Å². The van der Waals surface area contributed by atoms with Gasteiger partial charge in [-0.15, -0.1) is 0 Å². The Bertz CT molecular complexity index is 717. The van der Waals surface area contributed by atoms with Gasteiger partial charge in [0.1, 0.15) is 10.6 Å². The van der Waals surface area contributed by atoms with Gasteiger partial charge in [0.25, 0.3) is 10.0 Å². The van der Waals surface area contributed by atoms with Crippen LogP contribution in [0.4, 0.5) is 11.4 Å². The summed E-state index contributed by atoms with van der Waals surface area (Å²) < 4.78 is 26.6. The molecule has 0 aromatic heterocycles. The molecule has 19 heavy (non-hydrogen) atoms. The Hall–Kier alpha value is -1.92. The molecule has 0 aliphatic heterocycles. The summed E-state index contributed by atoms with van der Waals surface area (Å²) in [7, 11) is -3.82. The number of hydrogen-bond donors (Lipinski definition) is 3. The highest BCUT2D eigenvalue weighted by atomic mass is 35.5. The van der Waals surface area contributed by atoms with Crippen molar-refractivity contribution in [1.29, 1.82) is 0 Å². The molecular weight excluding hydrogens is 288 g/mol. The van der Waals surface area contributed by atoms with Gasteiger partial charge in [-0.2, -0.15) is 0 Å². The Labute approximate surface area is 115 Å². The van der Waals surface area contributed by atoms with Crippen molar-refractivity contribution in [2.24, 2.45) is 0 Å². The van der Waals surface area contributed by atoms with E-state index in [4.69, 9.17) is 17.3 Å². The van der Waals surface area contributed by atoms with Crippen molar-refractivity contribution in [2.75, 3.05) is 10.5 Å². The molecule has 2 aromatic carbocycles. The van der Waals surface area contributed by atoms with Crippen LogP contribution in [0.3, 0.4) is 0 Å². The number of rotatable bonds is 3. The third kappa shape index (κ3) is 3.10. The molecule has 5 nitrogen and oxygen atoms in total. The summed E-state index contributed by atoms with van der Waals surface area (Å²) in [4.78, 5) is -0.0692. The Kier molecular flexibility index (Phi) is 3.55. The molecule has 0 fully saturated rings. The molecule has 7 heteroatoms. The zero-order valence-corrected chi connectivity index (χ0v) is 11.2. The molecular formula is C12H11ClN2O3S. The van der Waals surface area contributed by atoms with Gasteiger partial charge in [-0.3, -0.25) is 4.72 Å². The van der Waals surface area contributed by atoms with Crippen LogP contribution in [0.25, 0.3) is 0 Å². The standard InChI is InChI=1S/C12H11ClN2O3S/c13-8-4-5-12(11(14)6-8)19(17,18)15-9-2-1-3-10(16)7-9/h1-7,15-16H,14H2. The first-order valence-electron chi connectivity index (χ1n) is 5.25. The molecule has 0 radical (unpaired) electrons. The lowest BCUT2D eigenvalue weighted by atomic mass is 10.3. The van der Waals surface area contributed by atoms with Crippen LogP contribution in [-0.2, 0) is 10.0 Å². The third-order valence-electron chi connectivity index (χ3n) is 2.36.